The normalized spacial score (nSPS) is 20.7. The van der Waals surface area contributed by atoms with Crippen LogP contribution in [-0.2, 0) is 6.54 Å². The Hall–Kier alpha value is -1.33. The van der Waals surface area contributed by atoms with Crippen LogP contribution in [0.15, 0.2) is 16.5 Å². The molecule has 0 bridgehead atoms. The Kier molecular flexibility index (Phi) is 5.16. The number of amides is 1. The molecule has 2 aliphatic heterocycles. The van der Waals surface area contributed by atoms with Gasteiger partial charge in [0.1, 0.15) is 5.76 Å². The Morgan fingerprint density at radius 2 is 1.77 bits per heavy atom. The van der Waals surface area contributed by atoms with E-state index in [1.807, 2.05) is 17.0 Å². The van der Waals surface area contributed by atoms with Crippen LogP contribution in [0.1, 0.15) is 42.5 Å². The van der Waals surface area contributed by atoms with Gasteiger partial charge in [0.05, 0.1) is 6.54 Å². The molecule has 2 fully saturated rings. The Labute approximate surface area is 132 Å². The molecule has 5 nitrogen and oxygen atoms in total. The first kappa shape index (κ1) is 15.6. The molecule has 0 aliphatic carbocycles. The van der Waals surface area contributed by atoms with E-state index in [1.165, 1.54) is 19.3 Å². The van der Waals surface area contributed by atoms with Crippen LogP contribution in [0.4, 0.5) is 0 Å². The number of hydrogen-bond donors (Lipinski definition) is 0. The van der Waals surface area contributed by atoms with Crippen LogP contribution >= 0.6 is 0 Å². The number of hydrogen-bond acceptors (Lipinski definition) is 4. The van der Waals surface area contributed by atoms with Crippen LogP contribution in [0.5, 0.6) is 0 Å². The third-order valence-corrected chi connectivity index (χ3v) is 4.65. The highest BCUT2D eigenvalue weighted by Crippen LogP contribution is 2.17. The van der Waals surface area contributed by atoms with Crippen LogP contribution < -0.4 is 0 Å². The van der Waals surface area contributed by atoms with Crippen LogP contribution in [0.3, 0.4) is 0 Å². The maximum absolute atomic E-state index is 12.5. The lowest BCUT2D eigenvalue weighted by molar-refractivity contribution is 0.0603. The Morgan fingerprint density at radius 3 is 2.45 bits per heavy atom. The zero-order valence-electron chi connectivity index (χ0n) is 13.6. The highest BCUT2D eigenvalue weighted by Gasteiger charge is 2.24. The van der Waals surface area contributed by atoms with E-state index in [-0.39, 0.29) is 5.91 Å². The first-order valence-electron chi connectivity index (χ1n) is 8.59. The first-order chi connectivity index (χ1) is 10.8. The van der Waals surface area contributed by atoms with Gasteiger partial charge in [-0.15, -0.1) is 0 Å². The molecule has 0 saturated carbocycles. The predicted octanol–water partition coefficient (Wildman–Crippen LogP) is 2.04. The lowest BCUT2D eigenvalue weighted by atomic mass is 10.2. The molecule has 1 amide bonds. The van der Waals surface area contributed by atoms with Crippen molar-refractivity contribution in [3.8, 4) is 0 Å². The van der Waals surface area contributed by atoms with Gasteiger partial charge >= 0.3 is 0 Å². The molecule has 0 radical (unpaired) electrons. The molecule has 3 heterocycles. The second kappa shape index (κ2) is 7.29. The maximum Gasteiger partial charge on any atom is 0.289 e. The summed E-state index contributed by atoms with van der Waals surface area (Å²) >= 11 is 0. The number of carbonyl (C=O) groups excluding carboxylic acids is 1. The van der Waals surface area contributed by atoms with Crippen molar-refractivity contribution in [2.45, 2.75) is 32.7 Å². The van der Waals surface area contributed by atoms with Gasteiger partial charge in [-0.25, -0.2) is 0 Å². The summed E-state index contributed by atoms with van der Waals surface area (Å²) in [4.78, 5) is 19.2. The van der Waals surface area contributed by atoms with Crippen molar-refractivity contribution in [1.29, 1.82) is 0 Å². The lowest BCUT2D eigenvalue weighted by Gasteiger charge is -2.34. The lowest BCUT2D eigenvalue weighted by Crippen LogP contribution is -2.48. The standard InChI is InChI=1S/C17H27N3O2/c1-2-7-18-10-12-20(13-11-18)17(21)16-6-5-15(22-16)14-19-8-3-4-9-19/h5-6H,2-4,7-14H2,1H3. The van der Waals surface area contributed by atoms with Gasteiger partial charge in [-0.3, -0.25) is 14.6 Å². The maximum atomic E-state index is 12.5. The Bertz CT molecular complexity index is 486. The Morgan fingerprint density at radius 1 is 1.05 bits per heavy atom. The van der Waals surface area contributed by atoms with Crippen molar-refractivity contribution in [3.05, 3.63) is 23.7 Å². The highest BCUT2D eigenvalue weighted by molar-refractivity contribution is 5.91. The molecule has 0 aromatic carbocycles. The van der Waals surface area contributed by atoms with E-state index in [0.29, 0.717) is 5.76 Å². The molecule has 0 N–H and O–H groups in total. The summed E-state index contributed by atoms with van der Waals surface area (Å²) in [5, 5.41) is 0. The molecular formula is C17H27N3O2. The fourth-order valence-electron chi connectivity index (χ4n) is 3.39. The van der Waals surface area contributed by atoms with Gasteiger partial charge in [0, 0.05) is 26.2 Å². The highest BCUT2D eigenvalue weighted by atomic mass is 16.4. The molecule has 2 saturated heterocycles. The number of furan rings is 1. The molecule has 122 valence electrons. The van der Waals surface area contributed by atoms with Gasteiger partial charge in [0.25, 0.3) is 5.91 Å². The predicted molar refractivity (Wildman–Crippen MR) is 85.9 cm³/mol. The van der Waals surface area contributed by atoms with E-state index in [4.69, 9.17) is 4.42 Å². The largest absolute Gasteiger partial charge is 0.455 e. The number of likely N-dealkylation sites (tertiary alicyclic amines) is 1. The average Bonchev–Trinajstić information content (AvgIpc) is 3.20. The van der Waals surface area contributed by atoms with Crippen LogP contribution in [0.25, 0.3) is 0 Å². The van der Waals surface area contributed by atoms with Gasteiger partial charge in [0.15, 0.2) is 5.76 Å². The van der Waals surface area contributed by atoms with Crippen molar-refractivity contribution in [3.63, 3.8) is 0 Å². The van der Waals surface area contributed by atoms with Crippen molar-refractivity contribution >= 4 is 5.91 Å². The van der Waals surface area contributed by atoms with Crippen LogP contribution in [0.2, 0.25) is 0 Å². The monoisotopic (exact) mass is 305 g/mol. The molecular weight excluding hydrogens is 278 g/mol. The molecule has 0 atom stereocenters. The van der Waals surface area contributed by atoms with Gasteiger partial charge < -0.3 is 9.32 Å². The third kappa shape index (κ3) is 3.70. The first-order valence-corrected chi connectivity index (χ1v) is 8.59. The summed E-state index contributed by atoms with van der Waals surface area (Å²) < 4.78 is 5.79. The molecule has 2 aliphatic rings. The molecule has 5 heteroatoms. The summed E-state index contributed by atoms with van der Waals surface area (Å²) in [7, 11) is 0. The summed E-state index contributed by atoms with van der Waals surface area (Å²) in [5.41, 5.74) is 0. The van der Waals surface area contributed by atoms with E-state index in [9.17, 15) is 4.79 Å². The average molecular weight is 305 g/mol. The van der Waals surface area contributed by atoms with Gasteiger partial charge in [0.2, 0.25) is 0 Å². The van der Waals surface area contributed by atoms with Crippen molar-refractivity contribution in [1.82, 2.24) is 14.7 Å². The summed E-state index contributed by atoms with van der Waals surface area (Å²) in [6.07, 6.45) is 3.72. The van der Waals surface area contributed by atoms with Crippen LogP contribution in [0, 0.1) is 0 Å². The molecule has 1 aromatic heterocycles. The Balaban J connectivity index is 1.53. The fraction of sp³-hybridized carbons (Fsp3) is 0.706. The SMILES string of the molecule is CCCN1CCN(C(=O)c2ccc(CN3CCCC3)o2)CC1. The minimum absolute atomic E-state index is 0.0452. The summed E-state index contributed by atoms with van der Waals surface area (Å²) in [6, 6.07) is 3.80. The molecule has 1 aromatic rings. The molecule has 3 rings (SSSR count). The topological polar surface area (TPSA) is 39.9 Å². The van der Waals surface area contributed by atoms with E-state index in [0.717, 1.165) is 58.1 Å². The van der Waals surface area contributed by atoms with Crippen molar-refractivity contribution in [2.75, 3.05) is 45.8 Å². The van der Waals surface area contributed by atoms with E-state index >= 15 is 0 Å². The second-order valence-corrected chi connectivity index (χ2v) is 6.38. The zero-order valence-corrected chi connectivity index (χ0v) is 13.6. The summed E-state index contributed by atoms with van der Waals surface area (Å²) in [6.45, 7) is 10.00. The minimum Gasteiger partial charge on any atom is -0.455 e. The van der Waals surface area contributed by atoms with Gasteiger partial charge in [-0.2, -0.15) is 0 Å². The molecule has 0 spiro atoms. The van der Waals surface area contributed by atoms with Crippen molar-refractivity contribution in [2.24, 2.45) is 0 Å². The number of piperazine rings is 1. The zero-order chi connectivity index (χ0) is 15.4. The number of carbonyl (C=O) groups is 1. The van der Waals surface area contributed by atoms with Gasteiger partial charge in [-0.05, 0) is 51.0 Å². The smallest absolute Gasteiger partial charge is 0.289 e. The van der Waals surface area contributed by atoms with Gasteiger partial charge in [-0.1, -0.05) is 6.92 Å². The quantitative estimate of drug-likeness (QED) is 0.835. The van der Waals surface area contributed by atoms with Crippen LogP contribution in [-0.4, -0.2) is 66.4 Å². The minimum atomic E-state index is 0.0452. The summed E-state index contributed by atoms with van der Waals surface area (Å²) in [5.74, 6) is 1.46. The number of nitrogens with zero attached hydrogens (tertiary/aromatic N) is 3. The third-order valence-electron chi connectivity index (χ3n) is 4.65. The van der Waals surface area contributed by atoms with E-state index in [1.54, 1.807) is 0 Å². The van der Waals surface area contributed by atoms with E-state index < -0.39 is 0 Å². The second-order valence-electron chi connectivity index (χ2n) is 6.38. The van der Waals surface area contributed by atoms with E-state index in [2.05, 4.69) is 16.7 Å². The fourth-order valence-corrected chi connectivity index (χ4v) is 3.39. The number of rotatable bonds is 5. The molecule has 22 heavy (non-hydrogen) atoms. The molecule has 0 unspecified atom stereocenters. The van der Waals surface area contributed by atoms with Crippen molar-refractivity contribution < 1.29 is 9.21 Å².